The third-order valence-corrected chi connectivity index (χ3v) is 4.67. The van der Waals surface area contributed by atoms with Gasteiger partial charge in [-0.3, -0.25) is 0 Å². The van der Waals surface area contributed by atoms with Crippen LogP contribution in [0.4, 0.5) is 4.39 Å². The van der Waals surface area contributed by atoms with Crippen LogP contribution in [-0.2, 0) is 0 Å². The summed E-state index contributed by atoms with van der Waals surface area (Å²) in [5.41, 5.74) is 6.10. The first-order valence-electron chi connectivity index (χ1n) is 6.13. The number of halogens is 3. The number of benzene rings is 1. The summed E-state index contributed by atoms with van der Waals surface area (Å²) in [5, 5.41) is 0. The van der Waals surface area contributed by atoms with Crippen molar-refractivity contribution in [3.63, 3.8) is 0 Å². The van der Waals surface area contributed by atoms with E-state index in [-0.39, 0.29) is 11.8 Å². The van der Waals surface area contributed by atoms with E-state index in [2.05, 4.69) is 15.9 Å². The summed E-state index contributed by atoms with van der Waals surface area (Å²) in [4.78, 5) is 0.892. The van der Waals surface area contributed by atoms with Crippen LogP contribution in [0.1, 0.15) is 24.3 Å². The van der Waals surface area contributed by atoms with E-state index in [0.717, 1.165) is 15.8 Å². The zero-order valence-electron chi connectivity index (χ0n) is 10.8. The molecule has 0 amide bonds. The molecule has 0 saturated carbocycles. The summed E-state index contributed by atoms with van der Waals surface area (Å²) < 4.78 is 21.0. The van der Waals surface area contributed by atoms with E-state index in [1.807, 2.05) is 13.0 Å². The quantitative estimate of drug-likeness (QED) is 0.780. The molecule has 1 heterocycles. The lowest BCUT2D eigenvalue weighted by Gasteiger charge is -2.23. The van der Waals surface area contributed by atoms with Crippen molar-refractivity contribution in [2.24, 2.45) is 5.73 Å². The van der Waals surface area contributed by atoms with Gasteiger partial charge in [0.2, 0.25) is 0 Å². The molecule has 0 radical (unpaired) electrons. The first-order valence-corrected chi connectivity index (χ1v) is 8.12. The summed E-state index contributed by atoms with van der Waals surface area (Å²) in [5.74, 6) is -0.234. The molecule has 108 valence electrons. The molecule has 2 aromatic rings. The summed E-state index contributed by atoms with van der Waals surface area (Å²) in [6, 6.07) is 8.00. The average molecular weight is 379 g/mol. The Morgan fingerprint density at radius 2 is 2.15 bits per heavy atom. The van der Waals surface area contributed by atoms with Gasteiger partial charge in [-0.05, 0) is 36.8 Å². The van der Waals surface area contributed by atoms with Crippen molar-refractivity contribution in [3.05, 3.63) is 49.8 Å². The Kier molecular flexibility index (Phi) is 5.43. The molecular formula is C14H14BrClFNOS. The van der Waals surface area contributed by atoms with Crippen LogP contribution >= 0.6 is 38.9 Å². The molecule has 2 atom stereocenters. The van der Waals surface area contributed by atoms with Crippen LogP contribution in [0.5, 0.6) is 5.75 Å². The minimum Gasteiger partial charge on any atom is -0.480 e. The first kappa shape index (κ1) is 15.8. The molecule has 0 aliphatic heterocycles. The Labute approximate surface area is 134 Å². The van der Waals surface area contributed by atoms with Crippen LogP contribution < -0.4 is 10.5 Å². The summed E-state index contributed by atoms with van der Waals surface area (Å²) in [7, 11) is 0. The minimum atomic E-state index is -0.415. The number of ether oxygens (including phenoxy) is 1. The topological polar surface area (TPSA) is 35.2 Å². The standard InChI is InChI=1S/C14H14BrClFNOS/c1-2-10(18)14(12-5-6-13(16)20-12)19-11-7-8(15)3-4-9(11)17/h3-7,10,14H,2,18H2,1H3. The fourth-order valence-corrected chi connectivity index (χ4v) is 3.26. The zero-order valence-corrected chi connectivity index (χ0v) is 13.9. The van der Waals surface area contributed by atoms with Gasteiger partial charge in [0.05, 0.1) is 4.34 Å². The van der Waals surface area contributed by atoms with Gasteiger partial charge in [-0.25, -0.2) is 4.39 Å². The molecule has 2 N–H and O–H groups in total. The number of nitrogens with two attached hydrogens (primary N) is 1. The lowest BCUT2D eigenvalue weighted by molar-refractivity contribution is 0.167. The van der Waals surface area contributed by atoms with Gasteiger partial charge in [0, 0.05) is 15.4 Å². The maximum absolute atomic E-state index is 13.8. The van der Waals surface area contributed by atoms with E-state index in [9.17, 15) is 4.39 Å². The molecule has 1 aromatic carbocycles. The molecular weight excluding hydrogens is 365 g/mol. The predicted molar refractivity (Wildman–Crippen MR) is 85.1 cm³/mol. The second-order valence-corrected chi connectivity index (χ2v) is 6.99. The highest BCUT2D eigenvalue weighted by Gasteiger charge is 2.23. The van der Waals surface area contributed by atoms with Gasteiger partial charge in [-0.1, -0.05) is 34.5 Å². The highest BCUT2D eigenvalue weighted by Crippen LogP contribution is 2.34. The van der Waals surface area contributed by atoms with Gasteiger partial charge in [-0.15, -0.1) is 11.3 Å². The zero-order chi connectivity index (χ0) is 14.7. The van der Waals surface area contributed by atoms with Crippen molar-refractivity contribution in [2.75, 3.05) is 0 Å². The second-order valence-electron chi connectivity index (χ2n) is 4.33. The van der Waals surface area contributed by atoms with Gasteiger partial charge >= 0.3 is 0 Å². The summed E-state index contributed by atoms with van der Waals surface area (Å²) in [6.07, 6.45) is 0.303. The van der Waals surface area contributed by atoms with Crippen LogP contribution in [0.2, 0.25) is 4.34 Å². The lowest BCUT2D eigenvalue weighted by Crippen LogP contribution is -2.31. The van der Waals surface area contributed by atoms with Crippen LogP contribution in [-0.4, -0.2) is 6.04 Å². The summed E-state index contributed by atoms with van der Waals surface area (Å²) in [6.45, 7) is 1.97. The van der Waals surface area contributed by atoms with Crippen molar-refractivity contribution in [1.29, 1.82) is 0 Å². The van der Waals surface area contributed by atoms with Crippen LogP contribution in [0.15, 0.2) is 34.8 Å². The van der Waals surface area contributed by atoms with Gasteiger partial charge in [-0.2, -0.15) is 0 Å². The SMILES string of the molecule is CCC(N)C(Oc1cc(Br)ccc1F)c1ccc(Cl)s1. The Hall–Kier alpha value is -0.620. The van der Waals surface area contributed by atoms with Crippen molar-refractivity contribution in [2.45, 2.75) is 25.5 Å². The number of hydrogen-bond acceptors (Lipinski definition) is 3. The highest BCUT2D eigenvalue weighted by molar-refractivity contribution is 9.10. The average Bonchev–Trinajstić information content (AvgIpc) is 2.85. The monoisotopic (exact) mass is 377 g/mol. The van der Waals surface area contributed by atoms with Crippen molar-refractivity contribution in [3.8, 4) is 5.75 Å². The number of hydrogen-bond donors (Lipinski definition) is 1. The molecule has 0 aliphatic rings. The molecule has 2 rings (SSSR count). The smallest absolute Gasteiger partial charge is 0.165 e. The summed E-state index contributed by atoms with van der Waals surface area (Å²) >= 11 is 10.7. The van der Waals surface area contributed by atoms with Gasteiger partial charge in [0.1, 0.15) is 6.10 Å². The van der Waals surface area contributed by atoms with Gasteiger partial charge in [0.15, 0.2) is 11.6 Å². The maximum atomic E-state index is 13.8. The molecule has 2 nitrogen and oxygen atoms in total. The van der Waals surface area contributed by atoms with E-state index in [0.29, 0.717) is 4.34 Å². The largest absolute Gasteiger partial charge is 0.480 e. The molecule has 6 heteroatoms. The van der Waals surface area contributed by atoms with E-state index < -0.39 is 11.9 Å². The van der Waals surface area contributed by atoms with Crippen LogP contribution in [0.3, 0.4) is 0 Å². The molecule has 1 aromatic heterocycles. The minimum absolute atomic E-state index is 0.179. The van der Waals surface area contributed by atoms with E-state index in [4.69, 9.17) is 22.1 Å². The van der Waals surface area contributed by atoms with Gasteiger partial charge in [0.25, 0.3) is 0 Å². The number of thiophene rings is 1. The Balaban J connectivity index is 2.30. The highest BCUT2D eigenvalue weighted by atomic mass is 79.9. The normalized spacial score (nSPS) is 14.1. The third-order valence-electron chi connectivity index (χ3n) is 2.88. The van der Waals surface area contributed by atoms with E-state index >= 15 is 0 Å². The molecule has 0 bridgehead atoms. The van der Waals surface area contributed by atoms with E-state index in [1.165, 1.54) is 17.4 Å². The number of rotatable bonds is 5. The third kappa shape index (κ3) is 3.73. The molecule has 0 saturated heterocycles. The Morgan fingerprint density at radius 1 is 1.40 bits per heavy atom. The molecule has 0 fully saturated rings. The maximum Gasteiger partial charge on any atom is 0.165 e. The fraction of sp³-hybridized carbons (Fsp3) is 0.286. The first-order chi connectivity index (χ1) is 9.51. The lowest BCUT2D eigenvalue weighted by atomic mass is 10.1. The molecule has 2 unspecified atom stereocenters. The predicted octanol–water partition coefficient (Wildman–Crippen LogP) is 5.16. The Bertz CT molecular complexity index is 592. The van der Waals surface area contributed by atoms with Crippen molar-refractivity contribution < 1.29 is 9.13 Å². The second kappa shape index (κ2) is 6.89. The fourth-order valence-electron chi connectivity index (χ4n) is 1.76. The van der Waals surface area contributed by atoms with E-state index in [1.54, 1.807) is 18.2 Å². The molecule has 20 heavy (non-hydrogen) atoms. The van der Waals surface area contributed by atoms with Crippen LogP contribution in [0, 0.1) is 5.82 Å². The van der Waals surface area contributed by atoms with Crippen molar-refractivity contribution >= 4 is 38.9 Å². The van der Waals surface area contributed by atoms with Gasteiger partial charge < -0.3 is 10.5 Å². The van der Waals surface area contributed by atoms with Crippen LogP contribution in [0.25, 0.3) is 0 Å². The Morgan fingerprint density at radius 3 is 2.75 bits per heavy atom. The van der Waals surface area contributed by atoms with Crippen molar-refractivity contribution in [1.82, 2.24) is 0 Å². The molecule has 0 spiro atoms. The molecule has 0 aliphatic carbocycles.